The Morgan fingerprint density at radius 1 is 1.32 bits per heavy atom. The van der Waals surface area contributed by atoms with E-state index in [2.05, 4.69) is 0 Å². The van der Waals surface area contributed by atoms with Gasteiger partial charge in [0.1, 0.15) is 5.75 Å². The van der Waals surface area contributed by atoms with Gasteiger partial charge in [-0.3, -0.25) is 4.79 Å². The smallest absolute Gasteiger partial charge is 0.260 e. The van der Waals surface area contributed by atoms with E-state index in [1.807, 2.05) is 18.2 Å². The highest BCUT2D eigenvalue weighted by atomic mass is 32.2. The molecule has 1 aromatic rings. The molecule has 3 rings (SSSR count). The fourth-order valence-corrected chi connectivity index (χ4v) is 4.72. The van der Waals surface area contributed by atoms with Crippen molar-refractivity contribution in [2.75, 3.05) is 45.6 Å². The number of hydrogen-bond acceptors (Lipinski definition) is 5. The molecule has 0 saturated carbocycles. The van der Waals surface area contributed by atoms with Gasteiger partial charge in [-0.25, -0.2) is 12.7 Å². The summed E-state index contributed by atoms with van der Waals surface area (Å²) < 4.78 is 30.6. The Balaban J connectivity index is 1.65. The van der Waals surface area contributed by atoms with Gasteiger partial charge in [0.25, 0.3) is 5.91 Å². The van der Waals surface area contributed by atoms with Gasteiger partial charge in [-0.2, -0.15) is 0 Å². The number of amides is 1. The van der Waals surface area contributed by atoms with Crippen LogP contribution in [0.15, 0.2) is 30.3 Å². The standard InChI is InChI=1S/C17H24N2O5S/c1-25(22,23)19-9-14-7-8-18(11-17(14,12-19)13-20)16(21)10-24-15-5-3-2-4-6-15/h2-6,14,20H,7-13H2,1H3/t14-,17+/m1/s1. The van der Waals surface area contributed by atoms with Crippen molar-refractivity contribution in [2.45, 2.75) is 6.42 Å². The molecule has 0 aliphatic carbocycles. The molecular formula is C17H24N2O5S. The molecule has 0 unspecified atom stereocenters. The van der Waals surface area contributed by atoms with Crippen molar-refractivity contribution in [3.63, 3.8) is 0 Å². The zero-order chi connectivity index (χ0) is 18.1. The third-order valence-corrected chi connectivity index (χ3v) is 6.49. The van der Waals surface area contributed by atoms with Crippen LogP contribution in [0.3, 0.4) is 0 Å². The number of benzene rings is 1. The molecule has 2 saturated heterocycles. The summed E-state index contributed by atoms with van der Waals surface area (Å²) in [6.45, 7) is 1.40. The maximum atomic E-state index is 12.5. The number of likely N-dealkylation sites (tertiary alicyclic amines) is 1. The van der Waals surface area contributed by atoms with Gasteiger partial charge in [-0.1, -0.05) is 18.2 Å². The average Bonchev–Trinajstić information content (AvgIpc) is 3.00. The maximum absolute atomic E-state index is 12.5. The lowest BCUT2D eigenvalue weighted by Gasteiger charge is -2.43. The number of aliphatic hydroxyl groups excluding tert-OH is 1. The van der Waals surface area contributed by atoms with E-state index in [1.165, 1.54) is 10.6 Å². The SMILES string of the molecule is CS(=O)(=O)N1C[C@H]2CCN(C(=O)COc3ccccc3)C[C@@]2(CO)C1. The summed E-state index contributed by atoms with van der Waals surface area (Å²) in [5.41, 5.74) is -0.580. The van der Waals surface area contributed by atoms with Crippen molar-refractivity contribution in [3.8, 4) is 5.75 Å². The summed E-state index contributed by atoms with van der Waals surface area (Å²) in [5, 5.41) is 9.95. The molecule has 2 aliphatic rings. The van der Waals surface area contributed by atoms with Crippen LogP contribution in [0.1, 0.15) is 6.42 Å². The van der Waals surface area contributed by atoms with Crippen molar-refractivity contribution < 1.29 is 23.1 Å². The van der Waals surface area contributed by atoms with E-state index in [0.717, 1.165) is 0 Å². The molecule has 138 valence electrons. The first-order valence-electron chi connectivity index (χ1n) is 8.36. The molecule has 0 radical (unpaired) electrons. The van der Waals surface area contributed by atoms with Gasteiger partial charge in [0.15, 0.2) is 6.61 Å². The minimum atomic E-state index is -3.30. The molecule has 1 N–H and O–H groups in total. The van der Waals surface area contributed by atoms with Crippen LogP contribution in [-0.2, 0) is 14.8 Å². The first kappa shape index (κ1) is 18.2. The summed E-state index contributed by atoms with van der Waals surface area (Å²) in [6.07, 6.45) is 1.87. The molecule has 1 amide bonds. The molecule has 25 heavy (non-hydrogen) atoms. The van der Waals surface area contributed by atoms with E-state index in [0.29, 0.717) is 31.8 Å². The number of rotatable bonds is 5. The number of ether oxygens (including phenoxy) is 1. The lowest BCUT2D eigenvalue weighted by atomic mass is 9.74. The fraction of sp³-hybridized carbons (Fsp3) is 0.588. The van der Waals surface area contributed by atoms with E-state index < -0.39 is 15.4 Å². The number of piperidine rings is 1. The number of para-hydroxylation sites is 1. The van der Waals surface area contributed by atoms with Crippen LogP contribution in [0.5, 0.6) is 5.75 Å². The second-order valence-electron chi connectivity index (χ2n) is 6.98. The van der Waals surface area contributed by atoms with Crippen LogP contribution in [0.2, 0.25) is 0 Å². The van der Waals surface area contributed by atoms with Gasteiger partial charge in [-0.15, -0.1) is 0 Å². The Morgan fingerprint density at radius 3 is 2.68 bits per heavy atom. The zero-order valence-electron chi connectivity index (χ0n) is 14.3. The molecule has 8 heteroatoms. The maximum Gasteiger partial charge on any atom is 0.260 e. The second kappa shape index (κ2) is 6.93. The topological polar surface area (TPSA) is 87.2 Å². The largest absolute Gasteiger partial charge is 0.484 e. The van der Waals surface area contributed by atoms with Crippen molar-refractivity contribution >= 4 is 15.9 Å². The molecule has 0 aromatic heterocycles. The summed E-state index contributed by atoms with van der Waals surface area (Å²) in [5.74, 6) is 0.561. The van der Waals surface area contributed by atoms with E-state index >= 15 is 0 Å². The van der Waals surface area contributed by atoms with Crippen LogP contribution in [0.25, 0.3) is 0 Å². The van der Waals surface area contributed by atoms with Crippen LogP contribution >= 0.6 is 0 Å². The molecule has 2 atom stereocenters. The Morgan fingerprint density at radius 2 is 2.04 bits per heavy atom. The number of hydrogen-bond donors (Lipinski definition) is 1. The van der Waals surface area contributed by atoms with E-state index in [1.54, 1.807) is 17.0 Å². The summed E-state index contributed by atoms with van der Waals surface area (Å²) >= 11 is 0. The molecule has 0 bridgehead atoms. The minimum Gasteiger partial charge on any atom is -0.484 e. The normalized spacial score (nSPS) is 27.1. The van der Waals surface area contributed by atoms with Crippen LogP contribution < -0.4 is 4.74 Å². The Bertz CT molecular complexity index is 724. The minimum absolute atomic E-state index is 0.0635. The summed E-state index contributed by atoms with van der Waals surface area (Å²) in [4.78, 5) is 14.2. The third kappa shape index (κ3) is 3.80. The van der Waals surface area contributed by atoms with Gasteiger partial charge in [0.2, 0.25) is 10.0 Å². The molecule has 2 heterocycles. The van der Waals surface area contributed by atoms with E-state index in [4.69, 9.17) is 4.74 Å². The molecule has 1 aromatic carbocycles. The van der Waals surface area contributed by atoms with E-state index in [9.17, 15) is 18.3 Å². The first-order valence-corrected chi connectivity index (χ1v) is 10.2. The third-order valence-electron chi connectivity index (χ3n) is 5.28. The predicted molar refractivity (Wildman–Crippen MR) is 92.6 cm³/mol. The fourth-order valence-electron chi connectivity index (χ4n) is 3.78. The van der Waals surface area contributed by atoms with Crippen LogP contribution in [0, 0.1) is 11.3 Å². The monoisotopic (exact) mass is 368 g/mol. The number of aliphatic hydroxyl groups is 1. The van der Waals surface area contributed by atoms with Crippen molar-refractivity contribution in [1.82, 2.24) is 9.21 Å². The lowest BCUT2D eigenvalue weighted by molar-refractivity contribution is -0.138. The molecule has 2 aliphatic heterocycles. The zero-order valence-corrected chi connectivity index (χ0v) is 15.1. The molecule has 0 spiro atoms. The Kier molecular flexibility index (Phi) is 5.04. The predicted octanol–water partition coefficient (Wildman–Crippen LogP) is 0.168. The van der Waals surface area contributed by atoms with Crippen LogP contribution in [-0.4, -0.2) is 74.3 Å². The van der Waals surface area contributed by atoms with Gasteiger partial charge in [-0.05, 0) is 24.5 Å². The second-order valence-corrected chi connectivity index (χ2v) is 8.96. The van der Waals surface area contributed by atoms with Gasteiger partial charge >= 0.3 is 0 Å². The number of fused-ring (bicyclic) bond motifs is 1. The summed E-state index contributed by atoms with van der Waals surface area (Å²) in [7, 11) is -3.30. The summed E-state index contributed by atoms with van der Waals surface area (Å²) in [6, 6.07) is 9.12. The Labute approximate surface area is 148 Å². The quantitative estimate of drug-likeness (QED) is 0.800. The van der Waals surface area contributed by atoms with Gasteiger partial charge in [0, 0.05) is 31.6 Å². The highest BCUT2D eigenvalue weighted by Crippen LogP contribution is 2.42. The number of carbonyl (C=O) groups is 1. The van der Waals surface area contributed by atoms with E-state index in [-0.39, 0.29) is 31.6 Å². The highest BCUT2D eigenvalue weighted by Gasteiger charge is 2.52. The van der Waals surface area contributed by atoms with Crippen molar-refractivity contribution in [3.05, 3.63) is 30.3 Å². The lowest BCUT2D eigenvalue weighted by Crippen LogP contribution is -2.53. The highest BCUT2D eigenvalue weighted by molar-refractivity contribution is 7.88. The Hall–Kier alpha value is -1.64. The molecule has 2 fully saturated rings. The average molecular weight is 368 g/mol. The number of carbonyl (C=O) groups excluding carboxylic acids is 1. The number of nitrogens with zero attached hydrogens (tertiary/aromatic N) is 2. The van der Waals surface area contributed by atoms with Gasteiger partial charge in [0.05, 0.1) is 12.9 Å². The van der Waals surface area contributed by atoms with Crippen LogP contribution in [0.4, 0.5) is 0 Å². The van der Waals surface area contributed by atoms with Crippen molar-refractivity contribution in [2.24, 2.45) is 11.3 Å². The number of sulfonamides is 1. The van der Waals surface area contributed by atoms with Crippen molar-refractivity contribution in [1.29, 1.82) is 0 Å². The van der Waals surface area contributed by atoms with Gasteiger partial charge < -0.3 is 14.7 Å². The first-order chi connectivity index (χ1) is 11.8. The molecule has 7 nitrogen and oxygen atoms in total. The molecular weight excluding hydrogens is 344 g/mol.